The van der Waals surface area contributed by atoms with E-state index < -0.39 is 6.10 Å². The number of ether oxygens (including phenoxy) is 2. The molecule has 186 valence electrons. The highest BCUT2D eigenvalue weighted by Crippen LogP contribution is 2.37. The number of benzene rings is 3. The molecule has 3 aromatic carbocycles. The summed E-state index contributed by atoms with van der Waals surface area (Å²) in [4.78, 5) is 19.7. The highest BCUT2D eigenvalue weighted by atomic mass is 16.5. The van der Waals surface area contributed by atoms with Crippen LogP contribution in [0.15, 0.2) is 66.7 Å². The summed E-state index contributed by atoms with van der Waals surface area (Å²) < 4.78 is 13.4. The van der Waals surface area contributed by atoms with E-state index in [0.717, 1.165) is 39.4 Å². The number of aryl methyl sites for hydroxylation is 2. The number of anilines is 1. The number of methoxy groups -OCH3 is 1. The number of imidazole rings is 1. The van der Waals surface area contributed by atoms with E-state index in [4.69, 9.17) is 14.5 Å². The molecular weight excluding hydrogens is 454 g/mol. The molecule has 5 rings (SSSR count). The molecule has 0 saturated carbocycles. The summed E-state index contributed by atoms with van der Waals surface area (Å²) in [6.07, 6.45) is -0.402. The Balaban J connectivity index is 1.39. The normalized spacial score (nSPS) is 16.5. The van der Waals surface area contributed by atoms with Crippen LogP contribution in [0.1, 0.15) is 29.3 Å². The summed E-state index contributed by atoms with van der Waals surface area (Å²) in [6.45, 7) is 5.03. The smallest absolute Gasteiger partial charge is 0.227 e. The number of rotatable bonds is 8. The van der Waals surface area contributed by atoms with Crippen LogP contribution in [-0.2, 0) is 11.3 Å². The van der Waals surface area contributed by atoms with E-state index in [1.807, 2.05) is 79.1 Å². The van der Waals surface area contributed by atoms with Gasteiger partial charge in [0.1, 0.15) is 30.0 Å². The second-order valence-electron chi connectivity index (χ2n) is 9.43. The maximum Gasteiger partial charge on any atom is 0.227 e. The average Bonchev–Trinajstić information content (AvgIpc) is 3.42. The fourth-order valence-corrected chi connectivity index (χ4v) is 5.04. The highest BCUT2D eigenvalue weighted by Gasteiger charge is 2.36. The SMILES string of the molecule is COc1ccccc1N1CC(c2nc3ccccc3n2CC(O)COc2cc(C)cc(C)c2)CC1=O. The van der Waals surface area contributed by atoms with Crippen molar-refractivity contribution in [3.05, 3.63) is 83.7 Å². The number of amides is 1. The molecule has 0 spiro atoms. The maximum atomic E-state index is 13.1. The van der Waals surface area contributed by atoms with Gasteiger partial charge >= 0.3 is 0 Å². The van der Waals surface area contributed by atoms with Crippen LogP contribution < -0.4 is 14.4 Å². The van der Waals surface area contributed by atoms with Gasteiger partial charge in [-0.05, 0) is 61.4 Å². The van der Waals surface area contributed by atoms with E-state index >= 15 is 0 Å². The lowest BCUT2D eigenvalue weighted by Gasteiger charge is -2.20. The molecule has 0 aliphatic carbocycles. The number of para-hydroxylation sites is 4. The second-order valence-corrected chi connectivity index (χ2v) is 9.43. The number of nitrogens with zero attached hydrogens (tertiary/aromatic N) is 3. The molecule has 1 amide bonds. The van der Waals surface area contributed by atoms with Gasteiger partial charge < -0.3 is 24.0 Å². The van der Waals surface area contributed by atoms with Crippen LogP contribution in [0, 0.1) is 13.8 Å². The van der Waals surface area contributed by atoms with Gasteiger partial charge in [0.2, 0.25) is 5.91 Å². The van der Waals surface area contributed by atoms with Crippen LogP contribution in [0.3, 0.4) is 0 Å². The zero-order valence-corrected chi connectivity index (χ0v) is 20.8. The number of fused-ring (bicyclic) bond motifs is 1. The first-order valence-electron chi connectivity index (χ1n) is 12.2. The lowest BCUT2D eigenvalue weighted by molar-refractivity contribution is -0.117. The zero-order valence-electron chi connectivity index (χ0n) is 20.8. The zero-order chi connectivity index (χ0) is 25.2. The largest absolute Gasteiger partial charge is 0.495 e. The van der Waals surface area contributed by atoms with Gasteiger partial charge in [-0.3, -0.25) is 4.79 Å². The minimum atomic E-state index is -0.746. The first-order chi connectivity index (χ1) is 17.4. The first kappa shape index (κ1) is 23.9. The molecule has 1 fully saturated rings. The molecule has 1 N–H and O–H groups in total. The van der Waals surface area contributed by atoms with Crippen molar-refractivity contribution in [2.24, 2.45) is 0 Å². The number of carbonyl (C=O) groups excluding carboxylic acids is 1. The van der Waals surface area contributed by atoms with Crippen LogP contribution in [-0.4, -0.2) is 46.9 Å². The van der Waals surface area contributed by atoms with Gasteiger partial charge in [0, 0.05) is 18.9 Å². The minimum Gasteiger partial charge on any atom is -0.495 e. The van der Waals surface area contributed by atoms with E-state index in [-0.39, 0.29) is 18.4 Å². The monoisotopic (exact) mass is 485 g/mol. The third-order valence-electron chi connectivity index (χ3n) is 6.58. The van der Waals surface area contributed by atoms with Gasteiger partial charge in [-0.1, -0.05) is 30.3 Å². The van der Waals surface area contributed by atoms with Crippen LogP contribution >= 0.6 is 0 Å². The Bertz CT molecular complexity index is 1380. The molecule has 4 aromatic rings. The number of aromatic nitrogens is 2. The third kappa shape index (κ3) is 4.79. The van der Waals surface area contributed by atoms with E-state index in [1.165, 1.54) is 0 Å². The lowest BCUT2D eigenvalue weighted by Crippen LogP contribution is -2.26. The molecule has 1 aromatic heterocycles. The molecule has 0 radical (unpaired) electrons. The number of hydrogen-bond donors (Lipinski definition) is 1. The van der Waals surface area contributed by atoms with Crippen molar-refractivity contribution in [3.8, 4) is 11.5 Å². The van der Waals surface area contributed by atoms with E-state index in [9.17, 15) is 9.90 Å². The quantitative estimate of drug-likeness (QED) is 0.394. The highest BCUT2D eigenvalue weighted by molar-refractivity contribution is 5.97. The Morgan fingerprint density at radius 1 is 1.06 bits per heavy atom. The number of aliphatic hydroxyl groups is 1. The molecule has 1 aliphatic rings. The average molecular weight is 486 g/mol. The van der Waals surface area contributed by atoms with Gasteiger partial charge in [-0.25, -0.2) is 4.98 Å². The summed E-state index contributed by atoms with van der Waals surface area (Å²) >= 11 is 0. The van der Waals surface area contributed by atoms with Gasteiger partial charge in [0.25, 0.3) is 0 Å². The number of hydrogen-bond acceptors (Lipinski definition) is 5. The van der Waals surface area contributed by atoms with E-state index in [2.05, 4.69) is 6.07 Å². The molecule has 1 saturated heterocycles. The Hall–Kier alpha value is -3.84. The first-order valence-corrected chi connectivity index (χ1v) is 12.2. The topological polar surface area (TPSA) is 76.8 Å². The molecule has 2 atom stereocenters. The predicted molar refractivity (Wildman–Crippen MR) is 140 cm³/mol. The Kier molecular flexibility index (Phi) is 6.65. The molecule has 2 unspecified atom stereocenters. The van der Waals surface area contributed by atoms with Crippen LogP contribution in [0.4, 0.5) is 5.69 Å². The standard InChI is InChI=1S/C29H31N3O4/c1-19-12-20(2)14-23(13-19)36-18-22(33)17-32-25-9-5-4-8-24(25)30-29(32)21-15-28(34)31(16-21)26-10-6-7-11-27(26)35-3/h4-14,21-22,33H,15-18H2,1-3H3. The van der Waals surface area contributed by atoms with E-state index in [1.54, 1.807) is 12.0 Å². The van der Waals surface area contributed by atoms with Crippen LogP contribution in [0.2, 0.25) is 0 Å². The Morgan fingerprint density at radius 3 is 2.56 bits per heavy atom. The van der Waals surface area contributed by atoms with Crippen LogP contribution in [0.25, 0.3) is 11.0 Å². The van der Waals surface area contributed by atoms with Crippen molar-refractivity contribution in [2.45, 2.75) is 38.8 Å². The van der Waals surface area contributed by atoms with Crippen molar-refractivity contribution in [2.75, 3.05) is 25.2 Å². The molecule has 36 heavy (non-hydrogen) atoms. The third-order valence-corrected chi connectivity index (χ3v) is 6.58. The number of carbonyl (C=O) groups is 1. The van der Waals surface area contributed by atoms with Gasteiger partial charge in [-0.2, -0.15) is 0 Å². The van der Waals surface area contributed by atoms with Crippen molar-refractivity contribution in [1.29, 1.82) is 0 Å². The molecule has 1 aliphatic heterocycles. The van der Waals surface area contributed by atoms with Gasteiger partial charge in [0.05, 0.1) is 30.4 Å². The van der Waals surface area contributed by atoms with Crippen molar-refractivity contribution >= 4 is 22.6 Å². The van der Waals surface area contributed by atoms with Crippen molar-refractivity contribution in [3.63, 3.8) is 0 Å². The Labute approximate surface area is 210 Å². The summed E-state index contributed by atoms with van der Waals surface area (Å²) in [5.41, 5.74) is 4.78. The summed E-state index contributed by atoms with van der Waals surface area (Å²) in [5.74, 6) is 2.13. The summed E-state index contributed by atoms with van der Waals surface area (Å²) in [6, 6.07) is 21.4. The van der Waals surface area contributed by atoms with Crippen molar-refractivity contribution in [1.82, 2.24) is 9.55 Å². The summed E-state index contributed by atoms with van der Waals surface area (Å²) in [5, 5.41) is 10.9. The number of aliphatic hydroxyl groups excluding tert-OH is 1. The van der Waals surface area contributed by atoms with Gasteiger partial charge in [-0.15, -0.1) is 0 Å². The van der Waals surface area contributed by atoms with Crippen molar-refractivity contribution < 1.29 is 19.4 Å². The maximum absolute atomic E-state index is 13.1. The predicted octanol–water partition coefficient (Wildman–Crippen LogP) is 4.62. The molecule has 2 heterocycles. The summed E-state index contributed by atoms with van der Waals surface area (Å²) in [7, 11) is 1.61. The molecule has 0 bridgehead atoms. The Morgan fingerprint density at radius 2 is 1.78 bits per heavy atom. The lowest BCUT2D eigenvalue weighted by atomic mass is 10.1. The second kappa shape index (κ2) is 10.0. The van der Waals surface area contributed by atoms with E-state index in [0.29, 0.717) is 25.3 Å². The fraction of sp³-hybridized carbons (Fsp3) is 0.310. The molecule has 7 nitrogen and oxygen atoms in total. The minimum absolute atomic E-state index is 0.0294. The fourth-order valence-electron chi connectivity index (χ4n) is 5.04. The molecule has 7 heteroatoms. The van der Waals surface area contributed by atoms with Gasteiger partial charge in [0.15, 0.2) is 0 Å². The van der Waals surface area contributed by atoms with Crippen LogP contribution in [0.5, 0.6) is 11.5 Å². The molecular formula is C29H31N3O4.